The number of hydrogen-bond donors (Lipinski definition) is 2. The molecule has 2 saturated heterocycles. The van der Waals surface area contributed by atoms with Gasteiger partial charge in [-0.25, -0.2) is 4.68 Å². The summed E-state index contributed by atoms with van der Waals surface area (Å²) in [6.45, 7) is 1.67. The minimum Gasteiger partial charge on any atom is -0.350 e. The van der Waals surface area contributed by atoms with Crippen molar-refractivity contribution in [1.29, 1.82) is 0 Å². The fourth-order valence-electron chi connectivity index (χ4n) is 6.87. The van der Waals surface area contributed by atoms with Gasteiger partial charge in [0.15, 0.2) is 0 Å². The molecule has 0 spiro atoms. The maximum atomic E-state index is 14.0. The highest BCUT2D eigenvalue weighted by molar-refractivity contribution is 5.91. The molecule has 0 aliphatic carbocycles. The van der Waals surface area contributed by atoms with Crippen molar-refractivity contribution < 1.29 is 9.59 Å². The van der Waals surface area contributed by atoms with E-state index in [1.54, 1.807) is 10.9 Å². The molecule has 7 rings (SSSR count). The molecule has 9 nitrogen and oxygen atoms in total. The third kappa shape index (κ3) is 6.21. The molecule has 5 aromatic rings. The topological polar surface area (TPSA) is 105 Å². The number of carbonyl (C=O) groups is 2. The van der Waals surface area contributed by atoms with Gasteiger partial charge in [-0.15, -0.1) is 5.10 Å². The lowest BCUT2D eigenvalue weighted by atomic mass is 9.95. The van der Waals surface area contributed by atoms with Crippen LogP contribution in [0, 0.1) is 5.92 Å². The molecule has 3 aromatic carbocycles. The van der Waals surface area contributed by atoms with Gasteiger partial charge in [0, 0.05) is 39.1 Å². The van der Waals surface area contributed by atoms with Gasteiger partial charge in [-0.1, -0.05) is 71.9 Å². The molecule has 228 valence electrons. The number of aromatic nitrogens is 4. The van der Waals surface area contributed by atoms with Crippen molar-refractivity contribution >= 4 is 22.8 Å². The number of amides is 2. The molecule has 0 radical (unpaired) electrons. The van der Waals surface area contributed by atoms with E-state index in [-0.39, 0.29) is 29.7 Å². The van der Waals surface area contributed by atoms with Crippen molar-refractivity contribution in [3.8, 4) is 11.1 Å². The Hall–Kier alpha value is -4.89. The van der Waals surface area contributed by atoms with Crippen LogP contribution in [-0.2, 0) is 29.6 Å². The average Bonchev–Trinajstić information content (AvgIpc) is 3.84. The van der Waals surface area contributed by atoms with Gasteiger partial charge in [0.1, 0.15) is 11.6 Å². The van der Waals surface area contributed by atoms with Crippen LogP contribution in [-0.4, -0.2) is 61.9 Å². The molecule has 9 heteroatoms. The van der Waals surface area contributed by atoms with Gasteiger partial charge in [-0.2, -0.15) is 0 Å². The number of fused-ring (bicyclic) bond motifs is 1. The minimum absolute atomic E-state index is 0.0176. The first-order valence-corrected chi connectivity index (χ1v) is 15.7. The maximum absolute atomic E-state index is 14.0. The molecule has 2 fully saturated rings. The number of rotatable bonds is 8. The van der Waals surface area contributed by atoms with Gasteiger partial charge in [0.05, 0.1) is 11.6 Å². The van der Waals surface area contributed by atoms with Gasteiger partial charge in [0.2, 0.25) is 11.8 Å². The Morgan fingerprint density at radius 3 is 2.56 bits per heavy atom. The number of nitrogens with zero attached hydrogens (tertiary/aromatic N) is 5. The van der Waals surface area contributed by atoms with Crippen LogP contribution in [0.3, 0.4) is 0 Å². The molecule has 2 N–H and O–H groups in total. The lowest BCUT2D eigenvalue weighted by molar-refractivity contribution is -0.139. The molecular formula is C36H37N7O2. The third-order valence-corrected chi connectivity index (χ3v) is 9.29. The summed E-state index contributed by atoms with van der Waals surface area (Å²) in [5, 5.41) is 14.9. The summed E-state index contributed by atoms with van der Waals surface area (Å²) in [7, 11) is 1.86. The lowest BCUT2D eigenvalue weighted by Gasteiger charge is -2.27. The van der Waals surface area contributed by atoms with Crippen LogP contribution in [0.1, 0.15) is 35.4 Å². The SMILES string of the molecule is Cn1nnc2cc(CNC(=O)C3CC(Cc4ccc(-c5cccnc5)cc4)CN3C(=O)C3CC(c4ccccc4)CN3)ccc21. The molecule has 2 aliphatic rings. The van der Waals surface area contributed by atoms with Crippen LogP contribution in [0.15, 0.2) is 97.3 Å². The molecule has 0 bridgehead atoms. The molecule has 4 atom stereocenters. The van der Waals surface area contributed by atoms with Crippen molar-refractivity contribution in [1.82, 2.24) is 35.5 Å². The average molecular weight is 600 g/mol. The predicted octanol–water partition coefficient (Wildman–Crippen LogP) is 4.25. The first kappa shape index (κ1) is 28.9. The number of carbonyl (C=O) groups excluding carboxylic acids is 2. The van der Waals surface area contributed by atoms with E-state index in [9.17, 15) is 9.59 Å². The van der Waals surface area contributed by atoms with Crippen LogP contribution >= 0.6 is 0 Å². The predicted molar refractivity (Wildman–Crippen MR) is 173 cm³/mol. The third-order valence-electron chi connectivity index (χ3n) is 9.29. The van der Waals surface area contributed by atoms with Crippen LogP contribution in [0.4, 0.5) is 0 Å². The van der Waals surface area contributed by atoms with E-state index in [4.69, 9.17) is 0 Å². The quantitative estimate of drug-likeness (QED) is 0.276. The molecule has 2 amide bonds. The fraction of sp³-hybridized carbons (Fsp3) is 0.306. The first-order chi connectivity index (χ1) is 22.0. The standard InChI is InChI=1S/C36H37N7O2/c1-42-33-14-11-25(17-31(33)40-41-42)20-39-35(44)34-18-26(16-24-9-12-28(13-10-24)29-8-5-15-37-21-29)23-43(34)36(45)32-19-30(22-38-32)27-6-3-2-4-7-27/h2-15,17,21,26,30,32,34,38H,16,18-20,22-23H2,1H3,(H,39,44). The van der Waals surface area contributed by atoms with Crippen molar-refractivity contribution in [2.75, 3.05) is 13.1 Å². The van der Waals surface area contributed by atoms with E-state index in [1.165, 1.54) is 11.1 Å². The Balaban J connectivity index is 1.06. The smallest absolute Gasteiger partial charge is 0.243 e. The molecule has 4 unspecified atom stereocenters. The lowest BCUT2D eigenvalue weighted by Crippen LogP contribution is -2.51. The largest absolute Gasteiger partial charge is 0.350 e. The Kier molecular flexibility index (Phi) is 8.09. The van der Waals surface area contributed by atoms with E-state index < -0.39 is 6.04 Å². The summed E-state index contributed by atoms with van der Waals surface area (Å²) in [5.41, 5.74) is 7.30. The van der Waals surface area contributed by atoms with Gasteiger partial charge >= 0.3 is 0 Å². The summed E-state index contributed by atoms with van der Waals surface area (Å²) >= 11 is 0. The summed E-state index contributed by atoms with van der Waals surface area (Å²) in [4.78, 5) is 33.8. The number of nitrogens with one attached hydrogen (secondary N) is 2. The molecule has 45 heavy (non-hydrogen) atoms. The van der Waals surface area contributed by atoms with E-state index in [0.717, 1.165) is 47.1 Å². The zero-order valence-electron chi connectivity index (χ0n) is 25.3. The second-order valence-corrected chi connectivity index (χ2v) is 12.3. The van der Waals surface area contributed by atoms with Gasteiger partial charge in [-0.3, -0.25) is 14.6 Å². The Bertz CT molecular complexity index is 1790. The number of pyridine rings is 1. The minimum atomic E-state index is -0.519. The van der Waals surface area contributed by atoms with Crippen LogP contribution in [0.25, 0.3) is 22.2 Å². The van der Waals surface area contributed by atoms with Crippen LogP contribution < -0.4 is 10.6 Å². The Labute approximate surface area is 262 Å². The van der Waals surface area contributed by atoms with Gasteiger partial charge in [-0.05, 0) is 77.1 Å². The molecule has 2 aliphatic heterocycles. The van der Waals surface area contributed by atoms with E-state index in [2.05, 4.69) is 68.4 Å². The zero-order valence-corrected chi connectivity index (χ0v) is 25.3. The highest BCUT2D eigenvalue weighted by atomic mass is 16.2. The van der Waals surface area contributed by atoms with Crippen LogP contribution in [0.2, 0.25) is 0 Å². The van der Waals surface area contributed by atoms with Crippen molar-refractivity contribution in [3.63, 3.8) is 0 Å². The highest BCUT2D eigenvalue weighted by Gasteiger charge is 2.43. The second-order valence-electron chi connectivity index (χ2n) is 12.3. The van der Waals surface area contributed by atoms with E-state index >= 15 is 0 Å². The number of aryl methyl sites for hydroxylation is 1. The molecule has 4 heterocycles. The number of likely N-dealkylation sites (tertiary alicyclic amines) is 1. The van der Waals surface area contributed by atoms with Crippen molar-refractivity contribution in [3.05, 3.63) is 114 Å². The maximum Gasteiger partial charge on any atom is 0.243 e. The zero-order chi connectivity index (χ0) is 30.8. The number of hydrogen-bond acceptors (Lipinski definition) is 6. The van der Waals surface area contributed by atoms with Gasteiger partial charge in [0.25, 0.3) is 0 Å². The molecule has 2 aromatic heterocycles. The van der Waals surface area contributed by atoms with Crippen LogP contribution in [0.5, 0.6) is 0 Å². The Morgan fingerprint density at radius 2 is 1.76 bits per heavy atom. The normalized spacial score (nSPS) is 21.3. The molecular weight excluding hydrogens is 562 g/mol. The second kappa shape index (κ2) is 12.6. The molecule has 0 saturated carbocycles. The monoisotopic (exact) mass is 599 g/mol. The highest BCUT2D eigenvalue weighted by Crippen LogP contribution is 2.32. The summed E-state index contributed by atoms with van der Waals surface area (Å²) in [6.07, 6.45) is 5.79. The summed E-state index contributed by atoms with van der Waals surface area (Å²) in [5.74, 6) is 0.356. The fourth-order valence-corrected chi connectivity index (χ4v) is 6.87. The first-order valence-electron chi connectivity index (χ1n) is 15.7. The van der Waals surface area contributed by atoms with Crippen molar-refractivity contribution in [2.24, 2.45) is 13.0 Å². The summed E-state index contributed by atoms with van der Waals surface area (Å²) in [6, 6.07) is 27.9. The Morgan fingerprint density at radius 1 is 0.933 bits per heavy atom. The van der Waals surface area contributed by atoms with Gasteiger partial charge < -0.3 is 15.5 Å². The summed E-state index contributed by atoms with van der Waals surface area (Å²) < 4.78 is 1.73. The van der Waals surface area contributed by atoms with Crippen molar-refractivity contribution in [2.45, 2.75) is 43.8 Å². The van der Waals surface area contributed by atoms with E-state index in [1.807, 2.05) is 60.6 Å². The van der Waals surface area contributed by atoms with E-state index in [0.29, 0.717) is 19.5 Å². The number of benzene rings is 3.